The van der Waals surface area contributed by atoms with Gasteiger partial charge >= 0.3 is 0 Å². The molecule has 10 heteroatoms. The maximum absolute atomic E-state index is 13.2. The molecule has 0 fully saturated rings. The molecular formula is C24H25FN6O3. The van der Waals surface area contributed by atoms with Gasteiger partial charge in [-0.1, -0.05) is 18.2 Å². The molecule has 0 aliphatic carbocycles. The number of pyridine rings is 1. The van der Waals surface area contributed by atoms with Crippen LogP contribution in [0.5, 0.6) is 0 Å². The van der Waals surface area contributed by atoms with Gasteiger partial charge in [0, 0.05) is 38.9 Å². The quantitative estimate of drug-likeness (QED) is 0.575. The summed E-state index contributed by atoms with van der Waals surface area (Å²) in [7, 11) is 1.51. The number of aryl methyl sites for hydroxylation is 1. The van der Waals surface area contributed by atoms with E-state index in [1.165, 1.54) is 34.8 Å². The van der Waals surface area contributed by atoms with Crippen molar-refractivity contribution in [2.75, 3.05) is 20.1 Å². The zero-order valence-electron chi connectivity index (χ0n) is 18.8. The van der Waals surface area contributed by atoms with Crippen LogP contribution in [0.3, 0.4) is 0 Å². The third kappa shape index (κ3) is 5.45. The van der Waals surface area contributed by atoms with Crippen molar-refractivity contribution in [2.45, 2.75) is 26.1 Å². The Balaban J connectivity index is 1.39. The average molecular weight is 465 g/mol. The van der Waals surface area contributed by atoms with E-state index in [2.05, 4.69) is 15.4 Å². The number of likely N-dealkylation sites (N-methyl/N-ethyl adjacent to an activating group) is 1. The molecule has 0 bridgehead atoms. The molecule has 1 aliphatic rings. The van der Waals surface area contributed by atoms with E-state index in [4.69, 9.17) is 0 Å². The molecule has 0 radical (unpaired) electrons. The summed E-state index contributed by atoms with van der Waals surface area (Å²) in [5.41, 5.74) is 1.95. The molecule has 34 heavy (non-hydrogen) atoms. The minimum atomic E-state index is -0.452. The number of carbonyl (C=O) groups is 3. The van der Waals surface area contributed by atoms with E-state index in [9.17, 15) is 18.8 Å². The number of hydrogen-bond acceptors (Lipinski definition) is 5. The lowest BCUT2D eigenvalue weighted by Gasteiger charge is -2.20. The molecule has 4 rings (SSSR count). The summed E-state index contributed by atoms with van der Waals surface area (Å²) in [6, 6.07) is 12.9. The van der Waals surface area contributed by atoms with Gasteiger partial charge in [0.25, 0.3) is 11.8 Å². The van der Waals surface area contributed by atoms with Crippen molar-refractivity contribution in [3.8, 4) is 0 Å². The third-order valence-corrected chi connectivity index (χ3v) is 5.51. The van der Waals surface area contributed by atoms with Gasteiger partial charge in [0.2, 0.25) is 5.91 Å². The Morgan fingerprint density at radius 1 is 1.15 bits per heavy atom. The SMILES string of the molecule is CN(CC(=O)NCc1ccccn1)C(=O)c1cc2n(n1)CCCN(Cc1ccc(F)cc1)C2=O. The van der Waals surface area contributed by atoms with Crippen molar-refractivity contribution in [1.82, 2.24) is 29.9 Å². The molecule has 3 heterocycles. The molecule has 176 valence electrons. The van der Waals surface area contributed by atoms with Crippen LogP contribution in [0.15, 0.2) is 54.7 Å². The van der Waals surface area contributed by atoms with E-state index in [1.54, 1.807) is 35.4 Å². The lowest BCUT2D eigenvalue weighted by Crippen LogP contribution is -2.38. The molecule has 3 aromatic rings. The first-order chi connectivity index (χ1) is 16.4. The Kier molecular flexibility index (Phi) is 6.95. The van der Waals surface area contributed by atoms with E-state index in [-0.39, 0.29) is 36.4 Å². The van der Waals surface area contributed by atoms with Gasteiger partial charge in [0.1, 0.15) is 11.5 Å². The minimum absolute atomic E-state index is 0.104. The van der Waals surface area contributed by atoms with Gasteiger partial charge in [0.05, 0.1) is 18.8 Å². The van der Waals surface area contributed by atoms with Crippen LogP contribution in [0.25, 0.3) is 0 Å². The van der Waals surface area contributed by atoms with E-state index in [0.717, 1.165) is 5.56 Å². The number of nitrogens with zero attached hydrogens (tertiary/aromatic N) is 5. The Hall–Kier alpha value is -4.08. The summed E-state index contributed by atoms with van der Waals surface area (Å²) in [5, 5.41) is 7.05. The summed E-state index contributed by atoms with van der Waals surface area (Å²) < 4.78 is 14.7. The van der Waals surface area contributed by atoms with Gasteiger partial charge < -0.3 is 15.1 Å². The molecule has 0 atom stereocenters. The molecule has 0 unspecified atom stereocenters. The molecular weight excluding hydrogens is 439 g/mol. The normalized spacial score (nSPS) is 13.2. The summed E-state index contributed by atoms with van der Waals surface area (Å²) in [6.07, 6.45) is 2.31. The fourth-order valence-corrected chi connectivity index (χ4v) is 3.73. The topological polar surface area (TPSA) is 100 Å². The summed E-state index contributed by atoms with van der Waals surface area (Å²) in [5.74, 6) is -1.36. The highest BCUT2D eigenvalue weighted by molar-refractivity contribution is 5.99. The lowest BCUT2D eigenvalue weighted by molar-refractivity contribution is -0.121. The predicted octanol–water partition coefficient (Wildman–Crippen LogP) is 1.85. The fraction of sp³-hybridized carbons (Fsp3) is 0.292. The van der Waals surface area contributed by atoms with E-state index in [1.807, 2.05) is 6.07 Å². The molecule has 0 saturated carbocycles. The lowest BCUT2D eigenvalue weighted by atomic mass is 10.2. The van der Waals surface area contributed by atoms with Gasteiger partial charge in [-0.25, -0.2) is 4.39 Å². The number of carbonyl (C=O) groups excluding carboxylic acids is 3. The van der Waals surface area contributed by atoms with Crippen LogP contribution in [0.1, 0.15) is 38.7 Å². The molecule has 1 aliphatic heterocycles. The standard InChI is InChI=1S/C24H25FN6O3/c1-29(16-22(32)27-14-19-5-2-3-10-26-19)23(33)20-13-21-24(34)30(11-4-12-31(21)28-20)15-17-6-8-18(25)9-7-17/h2-3,5-10,13H,4,11-12,14-16H2,1H3,(H,27,32). The Morgan fingerprint density at radius 2 is 1.94 bits per heavy atom. The molecule has 0 spiro atoms. The largest absolute Gasteiger partial charge is 0.349 e. The highest BCUT2D eigenvalue weighted by Gasteiger charge is 2.27. The second-order valence-electron chi connectivity index (χ2n) is 8.10. The highest BCUT2D eigenvalue weighted by Crippen LogP contribution is 2.17. The van der Waals surface area contributed by atoms with Gasteiger partial charge in [-0.15, -0.1) is 0 Å². The second-order valence-corrected chi connectivity index (χ2v) is 8.10. The second kappa shape index (κ2) is 10.2. The first-order valence-corrected chi connectivity index (χ1v) is 10.9. The van der Waals surface area contributed by atoms with Gasteiger partial charge in [-0.2, -0.15) is 5.10 Å². The van der Waals surface area contributed by atoms with Crippen LogP contribution in [0.2, 0.25) is 0 Å². The Bertz CT molecular complexity index is 1180. The van der Waals surface area contributed by atoms with Crippen molar-refractivity contribution in [2.24, 2.45) is 0 Å². The van der Waals surface area contributed by atoms with Crippen molar-refractivity contribution in [3.05, 3.63) is 83.2 Å². The van der Waals surface area contributed by atoms with Crippen LogP contribution in [0.4, 0.5) is 4.39 Å². The maximum atomic E-state index is 13.2. The van der Waals surface area contributed by atoms with E-state index < -0.39 is 5.91 Å². The van der Waals surface area contributed by atoms with Crippen LogP contribution < -0.4 is 5.32 Å². The van der Waals surface area contributed by atoms with Crippen LogP contribution in [-0.2, 0) is 24.4 Å². The number of fused-ring (bicyclic) bond motifs is 1. The summed E-state index contributed by atoms with van der Waals surface area (Å²) in [6.45, 7) is 1.46. The van der Waals surface area contributed by atoms with Crippen LogP contribution >= 0.6 is 0 Å². The molecule has 1 aromatic carbocycles. The van der Waals surface area contributed by atoms with Gasteiger partial charge in [-0.3, -0.25) is 24.0 Å². The fourth-order valence-electron chi connectivity index (χ4n) is 3.73. The zero-order valence-corrected chi connectivity index (χ0v) is 18.8. The number of hydrogen-bond donors (Lipinski definition) is 1. The Labute approximate surface area is 196 Å². The molecule has 3 amide bonds. The average Bonchev–Trinajstić information content (AvgIpc) is 3.21. The van der Waals surface area contributed by atoms with Crippen molar-refractivity contribution in [1.29, 1.82) is 0 Å². The van der Waals surface area contributed by atoms with Gasteiger partial charge in [-0.05, 0) is 36.2 Å². The number of amides is 3. The van der Waals surface area contributed by atoms with Crippen molar-refractivity contribution >= 4 is 17.7 Å². The Morgan fingerprint density at radius 3 is 2.68 bits per heavy atom. The number of rotatable bonds is 7. The zero-order chi connectivity index (χ0) is 24.1. The minimum Gasteiger partial charge on any atom is -0.349 e. The third-order valence-electron chi connectivity index (χ3n) is 5.51. The van der Waals surface area contributed by atoms with Crippen molar-refractivity contribution in [3.63, 3.8) is 0 Å². The maximum Gasteiger partial charge on any atom is 0.274 e. The highest BCUT2D eigenvalue weighted by atomic mass is 19.1. The number of benzene rings is 1. The first kappa shape index (κ1) is 23.1. The van der Waals surface area contributed by atoms with Crippen LogP contribution in [-0.4, -0.2) is 62.4 Å². The first-order valence-electron chi connectivity index (χ1n) is 10.9. The molecule has 0 saturated heterocycles. The van der Waals surface area contributed by atoms with E-state index >= 15 is 0 Å². The van der Waals surface area contributed by atoms with Gasteiger partial charge in [0.15, 0.2) is 5.69 Å². The summed E-state index contributed by atoms with van der Waals surface area (Å²) >= 11 is 0. The van der Waals surface area contributed by atoms with E-state index in [0.29, 0.717) is 37.4 Å². The number of aromatic nitrogens is 3. The molecule has 9 nitrogen and oxygen atoms in total. The smallest absolute Gasteiger partial charge is 0.274 e. The predicted molar refractivity (Wildman–Crippen MR) is 121 cm³/mol. The number of halogens is 1. The molecule has 1 N–H and O–H groups in total. The number of nitrogens with one attached hydrogen (secondary N) is 1. The van der Waals surface area contributed by atoms with Crippen LogP contribution in [0, 0.1) is 5.82 Å². The monoisotopic (exact) mass is 464 g/mol. The summed E-state index contributed by atoms with van der Waals surface area (Å²) in [4.78, 5) is 45.3. The molecule has 2 aromatic heterocycles. The van der Waals surface area contributed by atoms with Crippen molar-refractivity contribution < 1.29 is 18.8 Å².